The van der Waals surface area contributed by atoms with Gasteiger partial charge in [-0.05, 0) is 19.4 Å². The molecule has 0 saturated carbocycles. The zero-order chi connectivity index (χ0) is 6.69. The molecule has 0 unspecified atom stereocenters. The second kappa shape index (κ2) is 2.82. The van der Waals surface area contributed by atoms with E-state index in [9.17, 15) is 0 Å². The van der Waals surface area contributed by atoms with Crippen LogP contribution in [-0.2, 0) is 0 Å². The first-order valence-electron chi connectivity index (χ1n) is 3.35. The highest BCUT2D eigenvalue weighted by molar-refractivity contribution is 5.79. The summed E-state index contributed by atoms with van der Waals surface area (Å²) < 4.78 is 0. The normalized spacial score (nSPS) is 27.8. The molecule has 0 bridgehead atoms. The van der Waals surface area contributed by atoms with Crippen LogP contribution >= 0.6 is 0 Å². The van der Waals surface area contributed by atoms with Crippen molar-refractivity contribution in [3.05, 3.63) is 0 Å². The lowest BCUT2D eigenvalue weighted by Gasteiger charge is -2.20. The second-order valence-corrected chi connectivity index (χ2v) is 2.50. The number of hydrogen-bond acceptors (Lipinski definition) is 2. The molecule has 3 nitrogen and oxygen atoms in total. The Kier molecular flexibility index (Phi) is 2.05. The molecule has 52 valence electrons. The van der Waals surface area contributed by atoms with Crippen molar-refractivity contribution < 1.29 is 0 Å². The smallest absolute Gasteiger partial charge is 0.0949 e. The highest BCUT2D eigenvalue weighted by Gasteiger charge is 2.14. The Balaban J connectivity index is 2.31. The molecule has 0 aromatic rings. The molecule has 1 heterocycles. The lowest BCUT2D eigenvalue weighted by molar-refractivity contribution is 0.454. The summed E-state index contributed by atoms with van der Waals surface area (Å²) in [5.74, 6) is 0.640. The monoisotopic (exact) mass is 127 g/mol. The maximum atomic E-state index is 7.13. The van der Waals surface area contributed by atoms with E-state index in [1.807, 2.05) is 0 Å². The van der Waals surface area contributed by atoms with Gasteiger partial charge in [0, 0.05) is 12.5 Å². The average molecular weight is 127 g/mol. The van der Waals surface area contributed by atoms with Crippen LogP contribution in [0.3, 0.4) is 0 Å². The molecule has 1 rings (SSSR count). The topological polar surface area (TPSA) is 61.9 Å². The first-order valence-corrected chi connectivity index (χ1v) is 3.35. The second-order valence-electron chi connectivity index (χ2n) is 2.50. The van der Waals surface area contributed by atoms with E-state index in [2.05, 4.69) is 5.32 Å². The highest BCUT2D eigenvalue weighted by Crippen LogP contribution is 2.07. The van der Waals surface area contributed by atoms with Gasteiger partial charge in [0.2, 0.25) is 0 Å². The van der Waals surface area contributed by atoms with Crippen molar-refractivity contribution in [1.29, 1.82) is 5.41 Å². The van der Waals surface area contributed by atoms with Crippen LogP contribution in [0.15, 0.2) is 0 Å². The molecule has 0 aromatic carbocycles. The standard InChI is InChI=1S/C6H13N3/c7-6(8)5-2-1-3-9-4-5/h5,9H,1-4H2,(H3,7,8)/t5-/m0/s1. The summed E-state index contributed by atoms with van der Waals surface area (Å²) in [6, 6.07) is 0. The van der Waals surface area contributed by atoms with Crippen molar-refractivity contribution in [3.63, 3.8) is 0 Å². The van der Waals surface area contributed by atoms with Crippen molar-refractivity contribution in [2.75, 3.05) is 13.1 Å². The van der Waals surface area contributed by atoms with Gasteiger partial charge < -0.3 is 11.1 Å². The Hall–Kier alpha value is -0.570. The van der Waals surface area contributed by atoms with Crippen molar-refractivity contribution >= 4 is 5.84 Å². The van der Waals surface area contributed by atoms with E-state index in [0.717, 1.165) is 25.9 Å². The van der Waals surface area contributed by atoms with E-state index in [1.54, 1.807) is 0 Å². The molecule has 0 aromatic heterocycles. The SMILES string of the molecule is N=C(N)[C@H]1CCCNC1. The lowest BCUT2D eigenvalue weighted by atomic mass is 9.99. The van der Waals surface area contributed by atoms with Crippen molar-refractivity contribution in [3.8, 4) is 0 Å². The van der Waals surface area contributed by atoms with Crippen LogP contribution in [0.1, 0.15) is 12.8 Å². The summed E-state index contributed by atoms with van der Waals surface area (Å²) in [7, 11) is 0. The van der Waals surface area contributed by atoms with E-state index >= 15 is 0 Å². The molecule has 1 fully saturated rings. The van der Waals surface area contributed by atoms with Gasteiger partial charge in [-0.25, -0.2) is 0 Å². The van der Waals surface area contributed by atoms with Crippen LogP contribution in [-0.4, -0.2) is 18.9 Å². The number of nitrogens with one attached hydrogen (secondary N) is 2. The quantitative estimate of drug-likeness (QED) is 0.341. The molecule has 1 aliphatic heterocycles. The van der Waals surface area contributed by atoms with Crippen molar-refractivity contribution in [1.82, 2.24) is 5.32 Å². The van der Waals surface area contributed by atoms with E-state index < -0.39 is 0 Å². The minimum absolute atomic E-state index is 0.304. The predicted octanol–water partition coefficient (Wildman–Crippen LogP) is -0.0780. The maximum Gasteiger partial charge on any atom is 0.0949 e. The summed E-state index contributed by atoms with van der Waals surface area (Å²) in [5, 5.41) is 10.3. The third-order valence-electron chi connectivity index (χ3n) is 1.74. The number of hydrogen-bond donors (Lipinski definition) is 3. The summed E-state index contributed by atoms with van der Waals surface area (Å²) >= 11 is 0. The van der Waals surface area contributed by atoms with E-state index in [1.165, 1.54) is 0 Å². The van der Waals surface area contributed by atoms with E-state index in [-0.39, 0.29) is 0 Å². The molecule has 1 atom stereocenters. The Morgan fingerprint density at radius 1 is 1.67 bits per heavy atom. The molecule has 9 heavy (non-hydrogen) atoms. The molecular formula is C6H13N3. The fourth-order valence-electron chi connectivity index (χ4n) is 1.12. The van der Waals surface area contributed by atoms with Crippen molar-refractivity contribution in [2.24, 2.45) is 11.7 Å². The number of rotatable bonds is 1. The molecule has 0 radical (unpaired) electrons. The maximum absolute atomic E-state index is 7.13. The van der Waals surface area contributed by atoms with Crippen LogP contribution in [0, 0.1) is 11.3 Å². The van der Waals surface area contributed by atoms with Crippen LogP contribution < -0.4 is 11.1 Å². The van der Waals surface area contributed by atoms with Gasteiger partial charge in [-0.2, -0.15) is 0 Å². The molecule has 0 amide bonds. The summed E-state index contributed by atoms with van der Waals surface area (Å²) in [5.41, 5.74) is 5.31. The van der Waals surface area contributed by atoms with Gasteiger partial charge in [-0.3, -0.25) is 5.41 Å². The van der Waals surface area contributed by atoms with Crippen LogP contribution in [0.4, 0.5) is 0 Å². The fraction of sp³-hybridized carbons (Fsp3) is 0.833. The molecular weight excluding hydrogens is 114 g/mol. The molecule has 0 spiro atoms. The van der Waals surface area contributed by atoms with Gasteiger partial charge in [0.05, 0.1) is 5.84 Å². The largest absolute Gasteiger partial charge is 0.387 e. The summed E-state index contributed by atoms with van der Waals surface area (Å²) in [6.45, 7) is 1.99. The Bertz CT molecular complexity index is 105. The van der Waals surface area contributed by atoms with Gasteiger partial charge in [0.1, 0.15) is 0 Å². The zero-order valence-corrected chi connectivity index (χ0v) is 5.48. The first kappa shape index (κ1) is 6.55. The Morgan fingerprint density at radius 3 is 2.78 bits per heavy atom. The third-order valence-corrected chi connectivity index (χ3v) is 1.74. The van der Waals surface area contributed by atoms with E-state index in [0.29, 0.717) is 11.8 Å². The molecule has 0 aliphatic carbocycles. The van der Waals surface area contributed by atoms with Gasteiger partial charge in [-0.1, -0.05) is 0 Å². The first-order chi connectivity index (χ1) is 4.30. The summed E-state index contributed by atoms with van der Waals surface area (Å²) in [6.07, 6.45) is 2.24. The fourth-order valence-corrected chi connectivity index (χ4v) is 1.12. The number of piperidine rings is 1. The molecule has 4 N–H and O–H groups in total. The summed E-state index contributed by atoms with van der Waals surface area (Å²) in [4.78, 5) is 0. The Labute approximate surface area is 55.1 Å². The van der Waals surface area contributed by atoms with Gasteiger partial charge in [0.25, 0.3) is 0 Å². The van der Waals surface area contributed by atoms with Gasteiger partial charge >= 0.3 is 0 Å². The zero-order valence-electron chi connectivity index (χ0n) is 5.48. The average Bonchev–Trinajstić information content (AvgIpc) is 1.90. The lowest BCUT2D eigenvalue weighted by Crippen LogP contribution is -2.37. The van der Waals surface area contributed by atoms with Crippen LogP contribution in [0.5, 0.6) is 0 Å². The minimum Gasteiger partial charge on any atom is -0.387 e. The number of nitrogens with two attached hydrogens (primary N) is 1. The molecule has 1 aliphatic rings. The minimum atomic E-state index is 0.304. The van der Waals surface area contributed by atoms with Crippen LogP contribution in [0.25, 0.3) is 0 Å². The van der Waals surface area contributed by atoms with Crippen LogP contribution in [0.2, 0.25) is 0 Å². The number of amidine groups is 1. The third kappa shape index (κ3) is 1.68. The molecule has 3 heteroatoms. The molecule has 1 saturated heterocycles. The Morgan fingerprint density at radius 2 is 2.44 bits per heavy atom. The van der Waals surface area contributed by atoms with Gasteiger partial charge in [-0.15, -0.1) is 0 Å². The van der Waals surface area contributed by atoms with Crippen molar-refractivity contribution in [2.45, 2.75) is 12.8 Å². The highest BCUT2D eigenvalue weighted by atomic mass is 14.9. The van der Waals surface area contributed by atoms with Gasteiger partial charge in [0.15, 0.2) is 0 Å². The predicted molar refractivity (Wildman–Crippen MR) is 37.5 cm³/mol. The van der Waals surface area contributed by atoms with E-state index in [4.69, 9.17) is 11.1 Å².